The normalized spacial score (nSPS) is 10.3. The predicted octanol–water partition coefficient (Wildman–Crippen LogP) is 2.40. The summed E-state index contributed by atoms with van der Waals surface area (Å²) in [5, 5.41) is 3.16. The van der Waals surface area contributed by atoms with Crippen molar-refractivity contribution in [3.63, 3.8) is 0 Å². The molecule has 0 N–H and O–H groups in total. The van der Waals surface area contributed by atoms with Gasteiger partial charge >= 0.3 is 0 Å². The molecule has 1 heterocycles. The van der Waals surface area contributed by atoms with Gasteiger partial charge in [-0.15, -0.1) is 0 Å². The molecule has 0 spiro atoms. The summed E-state index contributed by atoms with van der Waals surface area (Å²) >= 11 is 5.31. The molecule has 4 nitrogen and oxygen atoms in total. The second-order valence-electron chi connectivity index (χ2n) is 3.21. The lowest BCUT2D eigenvalue weighted by Gasteiger charge is -2.06. The van der Waals surface area contributed by atoms with Gasteiger partial charge < -0.3 is 4.74 Å². The maximum Gasteiger partial charge on any atom is 0.272 e. The number of halogens is 2. The highest BCUT2D eigenvalue weighted by Crippen LogP contribution is 2.21. The van der Waals surface area contributed by atoms with Crippen LogP contribution in [-0.4, -0.2) is 22.1 Å². The molecule has 2 rings (SSSR count). The number of ether oxygens (including phenoxy) is 1. The monoisotopic (exact) mass is 254 g/mol. The zero-order valence-corrected chi connectivity index (χ0v) is 9.61. The van der Waals surface area contributed by atoms with Gasteiger partial charge in [0.1, 0.15) is 17.2 Å². The van der Waals surface area contributed by atoms with Crippen LogP contribution in [-0.2, 0) is 0 Å². The Bertz CT molecular complexity index is 568. The lowest BCUT2D eigenvalue weighted by Crippen LogP contribution is -2.03. The lowest BCUT2D eigenvalue weighted by atomic mass is 10.3. The Hall–Kier alpha value is -1.88. The predicted molar refractivity (Wildman–Crippen MR) is 60.3 cm³/mol. The Morgan fingerprint density at radius 2 is 2.18 bits per heavy atom. The van der Waals surface area contributed by atoms with Gasteiger partial charge in [-0.25, -0.2) is 4.39 Å². The van der Waals surface area contributed by atoms with Crippen LogP contribution in [0.15, 0.2) is 30.3 Å². The van der Waals surface area contributed by atoms with Gasteiger partial charge in [-0.05, 0) is 23.7 Å². The van der Waals surface area contributed by atoms with E-state index in [9.17, 15) is 9.18 Å². The van der Waals surface area contributed by atoms with Gasteiger partial charge in [0.05, 0.1) is 7.11 Å². The first-order chi connectivity index (χ1) is 8.13. The van der Waals surface area contributed by atoms with Crippen molar-refractivity contribution in [2.45, 2.75) is 0 Å². The Morgan fingerprint density at radius 3 is 2.76 bits per heavy atom. The number of nitrogens with zero attached hydrogens (tertiary/aromatic N) is 2. The smallest absolute Gasteiger partial charge is 0.272 e. The largest absolute Gasteiger partial charge is 0.481 e. The third-order valence-electron chi connectivity index (χ3n) is 2.17. The minimum Gasteiger partial charge on any atom is -0.481 e. The van der Waals surface area contributed by atoms with E-state index in [2.05, 4.69) is 5.10 Å². The molecular formula is C11H8ClFN2O2. The summed E-state index contributed by atoms with van der Waals surface area (Å²) in [6, 6.07) is 7.37. The van der Waals surface area contributed by atoms with E-state index >= 15 is 0 Å². The number of methoxy groups -OCH3 is 1. The minimum atomic E-state index is -0.724. The SMILES string of the molecule is COc1cc(C(=O)Cl)nn1-c1ccccc1F. The number of hydrogen-bond acceptors (Lipinski definition) is 3. The highest BCUT2D eigenvalue weighted by Gasteiger charge is 2.16. The quantitative estimate of drug-likeness (QED) is 0.790. The van der Waals surface area contributed by atoms with E-state index in [-0.39, 0.29) is 17.3 Å². The van der Waals surface area contributed by atoms with Crippen molar-refractivity contribution in [2.75, 3.05) is 7.11 Å². The van der Waals surface area contributed by atoms with Gasteiger partial charge in [-0.1, -0.05) is 12.1 Å². The van der Waals surface area contributed by atoms with Gasteiger partial charge in [-0.2, -0.15) is 9.78 Å². The van der Waals surface area contributed by atoms with Crippen molar-refractivity contribution >= 4 is 16.8 Å². The summed E-state index contributed by atoms with van der Waals surface area (Å²) in [4.78, 5) is 11.0. The van der Waals surface area contributed by atoms with Gasteiger partial charge in [0.25, 0.3) is 5.24 Å². The number of carbonyl (C=O) groups is 1. The van der Waals surface area contributed by atoms with Crippen LogP contribution in [0.5, 0.6) is 5.88 Å². The zero-order chi connectivity index (χ0) is 12.4. The molecule has 0 radical (unpaired) electrons. The topological polar surface area (TPSA) is 44.1 Å². The molecule has 0 amide bonds. The molecule has 0 saturated heterocycles. The maximum atomic E-state index is 13.6. The van der Waals surface area contributed by atoms with Crippen molar-refractivity contribution in [2.24, 2.45) is 0 Å². The molecule has 1 aromatic heterocycles. The van der Waals surface area contributed by atoms with Crippen LogP contribution in [0, 0.1) is 5.82 Å². The van der Waals surface area contributed by atoms with Crippen LogP contribution in [0.3, 0.4) is 0 Å². The van der Waals surface area contributed by atoms with Crippen LogP contribution in [0.1, 0.15) is 10.5 Å². The summed E-state index contributed by atoms with van der Waals surface area (Å²) in [6.07, 6.45) is 0. The molecule has 0 aliphatic carbocycles. The fraction of sp³-hybridized carbons (Fsp3) is 0.0909. The number of carbonyl (C=O) groups excluding carboxylic acids is 1. The Kier molecular flexibility index (Phi) is 3.10. The first kappa shape index (κ1) is 11.6. The number of aromatic nitrogens is 2. The Labute approximate surface area is 102 Å². The van der Waals surface area contributed by atoms with Gasteiger partial charge in [0, 0.05) is 6.07 Å². The van der Waals surface area contributed by atoms with E-state index < -0.39 is 11.1 Å². The molecule has 88 valence electrons. The van der Waals surface area contributed by atoms with E-state index in [4.69, 9.17) is 16.3 Å². The maximum absolute atomic E-state index is 13.6. The minimum absolute atomic E-state index is 0.00627. The van der Waals surface area contributed by atoms with Crippen LogP contribution >= 0.6 is 11.6 Å². The molecule has 0 aliphatic heterocycles. The fourth-order valence-corrected chi connectivity index (χ4v) is 1.49. The highest BCUT2D eigenvalue weighted by atomic mass is 35.5. The van der Waals surface area contributed by atoms with Crippen LogP contribution in [0.4, 0.5) is 4.39 Å². The van der Waals surface area contributed by atoms with Crippen molar-refractivity contribution in [3.8, 4) is 11.6 Å². The number of hydrogen-bond donors (Lipinski definition) is 0. The molecule has 0 aliphatic rings. The standard InChI is InChI=1S/C11H8ClFN2O2/c1-17-10-6-8(11(12)16)14-15(10)9-5-3-2-4-7(9)13/h2-6H,1H3. The second kappa shape index (κ2) is 4.55. The van der Waals surface area contributed by atoms with E-state index in [0.29, 0.717) is 0 Å². The molecule has 0 atom stereocenters. The average molecular weight is 255 g/mol. The van der Waals surface area contributed by atoms with Crippen LogP contribution < -0.4 is 4.74 Å². The highest BCUT2D eigenvalue weighted by molar-refractivity contribution is 6.67. The molecule has 6 heteroatoms. The molecule has 0 bridgehead atoms. The summed E-state index contributed by atoms with van der Waals surface area (Å²) in [7, 11) is 1.40. The third-order valence-corrected chi connectivity index (χ3v) is 2.36. The third kappa shape index (κ3) is 2.14. The van der Waals surface area contributed by atoms with E-state index in [1.807, 2.05) is 0 Å². The fourth-order valence-electron chi connectivity index (χ4n) is 1.40. The first-order valence-corrected chi connectivity index (χ1v) is 5.10. The van der Waals surface area contributed by atoms with Crippen molar-refractivity contribution in [3.05, 3.63) is 41.8 Å². The molecule has 0 saturated carbocycles. The molecule has 2 aromatic rings. The average Bonchev–Trinajstić information content (AvgIpc) is 2.73. The van der Waals surface area contributed by atoms with Crippen molar-refractivity contribution in [1.82, 2.24) is 9.78 Å². The molecule has 1 aromatic carbocycles. The summed E-state index contributed by atoms with van der Waals surface area (Å²) in [5.74, 6) is -0.235. The Balaban J connectivity index is 2.59. The molecular weight excluding hydrogens is 247 g/mol. The number of para-hydroxylation sites is 1. The molecule has 0 fully saturated rings. The van der Waals surface area contributed by atoms with Gasteiger partial charge in [-0.3, -0.25) is 4.79 Å². The van der Waals surface area contributed by atoms with Gasteiger partial charge in [0.15, 0.2) is 0 Å². The summed E-state index contributed by atoms with van der Waals surface area (Å²) < 4.78 is 19.8. The second-order valence-corrected chi connectivity index (χ2v) is 3.55. The van der Waals surface area contributed by atoms with Crippen LogP contribution in [0.2, 0.25) is 0 Å². The molecule has 17 heavy (non-hydrogen) atoms. The zero-order valence-electron chi connectivity index (χ0n) is 8.85. The summed E-state index contributed by atoms with van der Waals surface area (Å²) in [5.41, 5.74) is 0.195. The Morgan fingerprint density at radius 1 is 1.47 bits per heavy atom. The lowest BCUT2D eigenvalue weighted by molar-refractivity contribution is 0.107. The van der Waals surface area contributed by atoms with Crippen molar-refractivity contribution in [1.29, 1.82) is 0 Å². The van der Waals surface area contributed by atoms with E-state index in [0.717, 1.165) is 0 Å². The van der Waals surface area contributed by atoms with Crippen molar-refractivity contribution < 1.29 is 13.9 Å². The van der Waals surface area contributed by atoms with Gasteiger partial charge in [0.2, 0.25) is 5.88 Å². The first-order valence-electron chi connectivity index (χ1n) is 4.72. The summed E-state index contributed by atoms with van der Waals surface area (Å²) in [6.45, 7) is 0. The van der Waals surface area contributed by atoms with E-state index in [1.54, 1.807) is 12.1 Å². The number of benzene rings is 1. The van der Waals surface area contributed by atoms with Crippen LogP contribution in [0.25, 0.3) is 5.69 Å². The number of rotatable bonds is 3. The molecule has 0 unspecified atom stereocenters. The van der Waals surface area contributed by atoms with E-state index in [1.165, 1.54) is 30.0 Å².